The van der Waals surface area contributed by atoms with E-state index in [9.17, 15) is 14.7 Å². The van der Waals surface area contributed by atoms with Crippen molar-refractivity contribution >= 4 is 23.6 Å². The summed E-state index contributed by atoms with van der Waals surface area (Å²) in [6.45, 7) is 0.832. The maximum atomic E-state index is 12.4. The van der Waals surface area contributed by atoms with Gasteiger partial charge in [0.25, 0.3) is 5.91 Å². The van der Waals surface area contributed by atoms with Gasteiger partial charge in [0.1, 0.15) is 0 Å². The van der Waals surface area contributed by atoms with Gasteiger partial charge in [-0.25, -0.2) is 9.48 Å². The number of nitrogens with zero attached hydrogens (tertiary/aromatic N) is 2. The first kappa shape index (κ1) is 19.2. The number of hydrogen-bond donors (Lipinski definition) is 2. The highest BCUT2D eigenvalue weighted by molar-refractivity contribution is 7.98. The van der Waals surface area contributed by atoms with Crippen molar-refractivity contribution in [2.75, 3.05) is 20.3 Å². The van der Waals surface area contributed by atoms with E-state index in [4.69, 9.17) is 4.74 Å². The molecule has 2 aromatic carbocycles. The lowest BCUT2D eigenvalue weighted by atomic mass is 10.1. The molecule has 148 valence electrons. The quantitative estimate of drug-likeness (QED) is 0.607. The summed E-state index contributed by atoms with van der Waals surface area (Å²) in [5.74, 6) is -0.752. The first-order valence-corrected chi connectivity index (χ1v) is 10.0. The third-order valence-electron chi connectivity index (χ3n) is 4.64. The SMILES string of the molecule is COCCNC(=O)c1cccc(-n2nc(C(=O)O)c3c2-c2ccccc2SC3)c1. The number of aromatic nitrogens is 2. The van der Waals surface area contributed by atoms with Crippen molar-refractivity contribution in [3.05, 3.63) is 65.4 Å². The van der Waals surface area contributed by atoms with Gasteiger partial charge in [-0.05, 0) is 24.3 Å². The number of rotatable bonds is 6. The number of carboxylic acids is 1. The number of carbonyl (C=O) groups is 2. The molecule has 2 heterocycles. The van der Waals surface area contributed by atoms with Gasteiger partial charge >= 0.3 is 5.97 Å². The van der Waals surface area contributed by atoms with Crippen LogP contribution in [0.3, 0.4) is 0 Å². The van der Waals surface area contributed by atoms with Gasteiger partial charge < -0.3 is 15.2 Å². The number of nitrogens with one attached hydrogen (secondary N) is 1. The maximum absolute atomic E-state index is 12.4. The zero-order valence-electron chi connectivity index (χ0n) is 15.7. The standard InChI is InChI=1S/C21H19N3O4S/c1-28-10-9-22-20(25)13-5-4-6-14(11-13)24-19-15-7-2-3-8-17(15)29-12-16(19)18(23-24)21(26)27/h2-8,11H,9-10,12H2,1H3,(H,22,25)(H,26,27). The molecule has 0 atom stereocenters. The molecule has 8 heteroatoms. The average molecular weight is 409 g/mol. The minimum atomic E-state index is -1.06. The smallest absolute Gasteiger partial charge is 0.356 e. The van der Waals surface area contributed by atoms with E-state index in [2.05, 4.69) is 10.4 Å². The molecule has 0 radical (unpaired) electrons. The van der Waals surface area contributed by atoms with Crippen LogP contribution in [0.4, 0.5) is 0 Å². The van der Waals surface area contributed by atoms with E-state index in [0.717, 1.165) is 16.2 Å². The molecule has 0 spiro atoms. The lowest BCUT2D eigenvalue weighted by Gasteiger charge is -2.18. The third-order valence-corrected chi connectivity index (χ3v) is 5.74. The second-order valence-electron chi connectivity index (χ2n) is 6.48. The Morgan fingerprint density at radius 2 is 2.07 bits per heavy atom. The van der Waals surface area contributed by atoms with Crippen LogP contribution in [0.25, 0.3) is 16.9 Å². The van der Waals surface area contributed by atoms with Gasteiger partial charge in [0, 0.05) is 41.0 Å². The zero-order valence-corrected chi connectivity index (χ0v) is 16.5. The van der Waals surface area contributed by atoms with E-state index in [1.807, 2.05) is 30.3 Å². The van der Waals surface area contributed by atoms with Crippen LogP contribution in [-0.2, 0) is 10.5 Å². The number of fused-ring (bicyclic) bond motifs is 3. The van der Waals surface area contributed by atoms with Gasteiger partial charge in [-0.2, -0.15) is 5.10 Å². The largest absolute Gasteiger partial charge is 0.476 e. The molecule has 0 saturated heterocycles. The molecular weight excluding hydrogens is 390 g/mol. The van der Waals surface area contributed by atoms with Crippen LogP contribution < -0.4 is 5.32 Å². The Balaban J connectivity index is 1.80. The number of methoxy groups -OCH3 is 1. The minimum absolute atomic E-state index is 0.0388. The van der Waals surface area contributed by atoms with Crippen molar-refractivity contribution in [2.24, 2.45) is 0 Å². The van der Waals surface area contributed by atoms with Crippen molar-refractivity contribution in [2.45, 2.75) is 10.6 Å². The second kappa shape index (κ2) is 8.10. The van der Waals surface area contributed by atoms with Crippen LogP contribution in [0.2, 0.25) is 0 Å². The van der Waals surface area contributed by atoms with Crippen molar-refractivity contribution in [3.8, 4) is 16.9 Å². The van der Waals surface area contributed by atoms with Gasteiger partial charge in [0.15, 0.2) is 5.69 Å². The Morgan fingerprint density at radius 1 is 1.24 bits per heavy atom. The minimum Gasteiger partial charge on any atom is -0.476 e. The molecule has 1 aromatic heterocycles. The predicted molar refractivity (Wildman–Crippen MR) is 110 cm³/mol. The summed E-state index contributed by atoms with van der Waals surface area (Å²) in [4.78, 5) is 25.3. The van der Waals surface area contributed by atoms with Gasteiger partial charge in [-0.1, -0.05) is 24.3 Å². The Hall–Kier alpha value is -3.10. The number of aromatic carboxylic acids is 1. The number of hydrogen-bond acceptors (Lipinski definition) is 5. The zero-order chi connectivity index (χ0) is 20.4. The molecule has 0 unspecified atom stereocenters. The predicted octanol–water partition coefficient (Wildman–Crippen LogP) is 3.22. The van der Waals surface area contributed by atoms with E-state index < -0.39 is 5.97 Å². The molecule has 1 aliphatic rings. The summed E-state index contributed by atoms with van der Waals surface area (Å²) in [6.07, 6.45) is 0. The number of thioether (sulfide) groups is 1. The summed E-state index contributed by atoms with van der Waals surface area (Å²) in [7, 11) is 1.57. The van der Waals surface area contributed by atoms with Crippen LogP contribution in [0.5, 0.6) is 0 Å². The fourth-order valence-electron chi connectivity index (χ4n) is 3.31. The number of carbonyl (C=O) groups excluding carboxylic acids is 1. The maximum Gasteiger partial charge on any atom is 0.356 e. The molecule has 0 fully saturated rings. The Morgan fingerprint density at radius 3 is 2.86 bits per heavy atom. The van der Waals surface area contributed by atoms with Crippen molar-refractivity contribution in [1.82, 2.24) is 15.1 Å². The van der Waals surface area contributed by atoms with Crippen molar-refractivity contribution < 1.29 is 19.4 Å². The number of ether oxygens (including phenoxy) is 1. The molecule has 3 aromatic rings. The summed E-state index contributed by atoms with van der Waals surface area (Å²) < 4.78 is 6.58. The van der Waals surface area contributed by atoms with Crippen LogP contribution in [0, 0.1) is 0 Å². The lowest BCUT2D eigenvalue weighted by molar-refractivity contribution is 0.0688. The van der Waals surface area contributed by atoms with E-state index in [1.54, 1.807) is 41.8 Å². The molecule has 0 aliphatic carbocycles. The van der Waals surface area contributed by atoms with Crippen LogP contribution in [0.1, 0.15) is 26.4 Å². The van der Waals surface area contributed by atoms with Gasteiger partial charge in [0.2, 0.25) is 0 Å². The molecular formula is C21H19N3O4S. The Bertz CT molecular complexity index is 1090. The van der Waals surface area contributed by atoms with E-state index in [-0.39, 0.29) is 11.6 Å². The highest BCUT2D eigenvalue weighted by Crippen LogP contribution is 2.43. The average Bonchev–Trinajstić information content (AvgIpc) is 3.14. The normalized spacial score (nSPS) is 12.2. The molecule has 1 aliphatic heterocycles. The van der Waals surface area contributed by atoms with E-state index in [0.29, 0.717) is 35.7 Å². The van der Waals surface area contributed by atoms with Crippen molar-refractivity contribution in [3.63, 3.8) is 0 Å². The molecule has 4 rings (SSSR count). The highest BCUT2D eigenvalue weighted by atomic mass is 32.2. The van der Waals surface area contributed by atoms with Gasteiger partial charge in [0.05, 0.1) is 18.0 Å². The molecule has 2 N–H and O–H groups in total. The first-order valence-electron chi connectivity index (χ1n) is 9.05. The third kappa shape index (κ3) is 3.64. The topological polar surface area (TPSA) is 93.5 Å². The Kier molecular flexibility index (Phi) is 5.37. The van der Waals surface area contributed by atoms with Crippen molar-refractivity contribution in [1.29, 1.82) is 0 Å². The van der Waals surface area contributed by atoms with Gasteiger partial charge in [-0.15, -0.1) is 11.8 Å². The summed E-state index contributed by atoms with van der Waals surface area (Å²) >= 11 is 1.60. The fraction of sp³-hybridized carbons (Fsp3) is 0.190. The lowest BCUT2D eigenvalue weighted by Crippen LogP contribution is -2.27. The number of carboxylic acid groups (broad SMARTS) is 1. The van der Waals surface area contributed by atoms with Crippen LogP contribution in [0.15, 0.2) is 53.4 Å². The highest BCUT2D eigenvalue weighted by Gasteiger charge is 2.29. The Labute approximate surface area is 171 Å². The molecule has 7 nitrogen and oxygen atoms in total. The summed E-state index contributed by atoms with van der Waals surface area (Å²) in [5, 5.41) is 16.8. The van der Waals surface area contributed by atoms with Gasteiger partial charge in [-0.3, -0.25) is 4.79 Å². The summed E-state index contributed by atoms with van der Waals surface area (Å²) in [6, 6.07) is 14.9. The molecule has 1 amide bonds. The number of amides is 1. The molecule has 29 heavy (non-hydrogen) atoms. The van der Waals surface area contributed by atoms with Crippen LogP contribution >= 0.6 is 11.8 Å². The fourth-order valence-corrected chi connectivity index (χ4v) is 4.38. The van der Waals surface area contributed by atoms with E-state index >= 15 is 0 Å². The molecule has 0 bridgehead atoms. The second-order valence-corrected chi connectivity index (χ2v) is 7.49. The summed E-state index contributed by atoms with van der Waals surface area (Å²) in [5.41, 5.74) is 3.53. The molecule has 0 saturated carbocycles. The number of benzene rings is 2. The van der Waals surface area contributed by atoms with E-state index in [1.165, 1.54) is 0 Å². The first-order chi connectivity index (χ1) is 14.1. The van der Waals surface area contributed by atoms with Crippen LogP contribution in [-0.4, -0.2) is 47.0 Å². The monoisotopic (exact) mass is 409 g/mol.